The minimum Gasteiger partial charge on any atom is -0.293 e. The third kappa shape index (κ3) is 3.39. The molecule has 5 heteroatoms. The van der Waals surface area contributed by atoms with Gasteiger partial charge < -0.3 is 0 Å². The van der Waals surface area contributed by atoms with Crippen molar-refractivity contribution in [2.24, 2.45) is 0 Å². The van der Waals surface area contributed by atoms with Crippen molar-refractivity contribution in [1.82, 2.24) is 0 Å². The van der Waals surface area contributed by atoms with Crippen molar-refractivity contribution in [2.45, 2.75) is 32.1 Å². The van der Waals surface area contributed by atoms with E-state index in [1.54, 1.807) is 11.3 Å². The monoisotopic (exact) mass is 272 g/mol. The number of hydrogen-bond acceptors (Lipinski definition) is 4. The molecule has 1 aliphatic rings. The second kappa shape index (κ2) is 4.90. The molecule has 0 amide bonds. The van der Waals surface area contributed by atoms with Crippen LogP contribution in [0.1, 0.15) is 39.4 Å². The first-order valence-electron chi connectivity index (χ1n) is 5.78. The third-order valence-electron chi connectivity index (χ3n) is 2.97. The highest BCUT2D eigenvalue weighted by Gasteiger charge is 2.18. The predicted octanol–water partition coefficient (Wildman–Crippen LogP) is 2.24. The maximum absolute atomic E-state index is 11.9. The first kappa shape index (κ1) is 12.8. The number of aryl methyl sites for hydroxylation is 2. The molecule has 0 saturated heterocycles. The number of ketones is 1. The second-order valence-corrected chi connectivity index (χ2v) is 7.97. The molecule has 0 aliphatic heterocycles. The molecular weight excluding hydrogens is 256 g/mol. The number of rotatable bonds is 4. The lowest BCUT2D eigenvalue weighted by Crippen LogP contribution is -2.08. The lowest BCUT2D eigenvalue weighted by atomic mass is 9.99. The Labute approximate surface area is 106 Å². The fraction of sp³-hybridized carbons (Fsp3) is 0.583. The SMILES string of the molecule is CS(=O)(=O)CCC(=O)c1cc2c(s1)CCCC2. The molecule has 94 valence electrons. The summed E-state index contributed by atoms with van der Waals surface area (Å²) in [6.45, 7) is 0. The normalized spacial score (nSPS) is 15.6. The largest absolute Gasteiger partial charge is 0.293 e. The van der Waals surface area contributed by atoms with Crippen molar-refractivity contribution in [2.75, 3.05) is 12.0 Å². The van der Waals surface area contributed by atoms with E-state index < -0.39 is 9.84 Å². The molecule has 0 bridgehead atoms. The summed E-state index contributed by atoms with van der Waals surface area (Å²) in [7, 11) is -3.05. The van der Waals surface area contributed by atoms with Crippen molar-refractivity contribution < 1.29 is 13.2 Å². The van der Waals surface area contributed by atoms with Gasteiger partial charge in [0.2, 0.25) is 0 Å². The maximum atomic E-state index is 11.9. The lowest BCUT2D eigenvalue weighted by Gasteiger charge is -2.08. The van der Waals surface area contributed by atoms with Crippen molar-refractivity contribution in [3.63, 3.8) is 0 Å². The van der Waals surface area contributed by atoms with Gasteiger partial charge in [0.05, 0.1) is 10.6 Å². The van der Waals surface area contributed by atoms with Crippen LogP contribution >= 0.6 is 11.3 Å². The van der Waals surface area contributed by atoms with Crippen LogP contribution in [0.4, 0.5) is 0 Å². The van der Waals surface area contributed by atoms with E-state index in [9.17, 15) is 13.2 Å². The van der Waals surface area contributed by atoms with Crippen LogP contribution in [0.5, 0.6) is 0 Å². The second-order valence-electron chi connectivity index (χ2n) is 4.57. The van der Waals surface area contributed by atoms with E-state index in [-0.39, 0.29) is 18.0 Å². The molecule has 0 unspecified atom stereocenters. The average molecular weight is 272 g/mol. The molecule has 1 aliphatic carbocycles. The van der Waals surface area contributed by atoms with E-state index in [0.29, 0.717) is 0 Å². The standard InChI is InChI=1S/C12H16O3S2/c1-17(14,15)7-6-10(13)12-8-9-4-2-3-5-11(9)16-12/h8H,2-7H2,1H3. The molecule has 0 radical (unpaired) electrons. The van der Waals surface area contributed by atoms with Gasteiger partial charge in [-0.2, -0.15) is 0 Å². The molecule has 0 aromatic carbocycles. The highest BCUT2D eigenvalue weighted by molar-refractivity contribution is 7.90. The fourth-order valence-corrected chi connectivity index (χ4v) is 3.81. The number of fused-ring (bicyclic) bond motifs is 1. The molecule has 0 spiro atoms. The van der Waals surface area contributed by atoms with Crippen LogP contribution in [0.15, 0.2) is 6.07 Å². The van der Waals surface area contributed by atoms with E-state index in [2.05, 4.69) is 0 Å². The number of thiophene rings is 1. The van der Waals surface area contributed by atoms with E-state index in [0.717, 1.165) is 17.7 Å². The number of hydrogen-bond donors (Lipinski definition) is 0. The zero-order valence-corrected chi connectivity index (χ0v) is 11.5. The number of carbonyl (C=O) groups is 1. The Balaban J connectivity index is 2.07. The van der Waals surface area contributed by atoms with Crippen LogP contribution in [-0.4, -0.2) is 26.2 Å². The molecule has 3 nitrogen and oxygen atoms in total. The average Bonchev–Trinajstić information content (AvgIpc) is 2.68. The topological polar surface area (TPSA) is 51.2 Å². The predicted molar refractivity (Wildman–Crippen MR) is 69.6 cm³/mol. The Hall–Kier alpha value is -0.680. The molecular formula is C12H16O3S2. The van der Waals surface area contributed by atoms with Crippen LogP contribution in [0.2, 0.25) is 0 Å². The Morgan fingerprint density at radius 2 is 2.06 bits per heavy atom. The van der Waals surface area contributed by atoms with Gasteiger partial charge >= 0.3 is 0 Å². The van der Waals surface area contributed by atoms with Gasteiger partial charge in [0.1, 0.15) is 9.84 Å². The third-order valence-corrected chi connectivity index (χ3v) is 5.20. The lowest BCUT2D eigenvalue weighted by molar-refractivity contribution is 0.0992. The zero-order chi connectivity index (χ0) is 12.5. The van der Waals surface area contributed by atoms with Gasteiger partial charge in [0.25, 0.3) is 0 Å². The van der Waals surface area contributed by atoms with Crippen LogP contribution in [-0.2, 0) is 22.7 Å². The molecule has 1 aromatic heterocycles. The highest BCUT2D eigenvalue weighted by atomic mass is 32.2. The Bertz CT molecular complexity index is 502. The molecule has 0 saturated carbocycles. The summed E-state index contributed by atoms with van der Waals surface area (Å²) in [5, 5.41) is 0. The summed E-state index contributed by atoms with van der Waals surface area (Å²) in [6.07, 6.45) is 5.80. The summed E-state index contributed by atoms with van der Waals surface area (Å²) < 4.78 is 22.0. The van der Waals surface area contributed by atoms with Gasteiger partial charge in [-0.25, -0.2) is 8.42 Å². The molecule has 1 aromatic rings. The van der Waals surface area contributed by atoms with Gasteiger partial charge in [0, 0.05) is 17.6 Å². The highest BCUT2D eigenvalue weighted by Crippen LogP contribution is 2.30. The maximum Gasteiger partial charge on any atom is 0.173 e. The molecule has 2 rings (SSSR count). The van der Waals surface area contributed by atoms with E-state index in [4.69, 9.17) is 0 Å². The minimum absolute atomic E-state index is 0.0326. The van der Waals surface area contributed by atoms with Gasteiger partial charge in [-0.1, -0.05) is 0 Å². The smallest absolute Gasteiger partial charge is 0.173 e. The zero-order valence-electron chi connectivity index (χ0n) is 9.86. The van der Waals surface area contributed by atoms with Crippen molar-refractivity contribution >= 4 is 27.0 Å². The Morgan fingerprint density at radius 3 is 2.71 bits per heavy atom. The summed E-state index contributed by atoms with van der Waals surface area (Å²) in [5.41, 5.74) is 1.30. The van der Waals surface area contributed by atoms with Crippen LogP contribution < -0.4 is 0 Å². The van der Waals surface area contributed by atoms with E-state index in [1.165, 1.54) is 29.5 Å². The number of Topliss-reactive ketones (excluding diaryl/α,β-unsaturated/α-hetero) is 1. The molecule has 0 N–H and O–H groups in total. The van der Waals surface area contributed by atoms with Gasteiger partial charge in [0.15, 0.2) is 5.78 Å². The summed E-state index contributed by atoms with van der Waals surface area (Å²) in [5.74, 6) is -0.0798. The van der Waals surface area contributed by atoms with Crippen LogP contribution in [0, 0.1) is 0 Å². The quantitative estimate of drug-likeness (QED) is 0.790. The number of carbonyl (C=O) groups excluding carboxylic acids is 1. The molecule has 0 fully saturated rings. The number of sulfone groups is 1. The molecule has 1 heterocycles. The molecule has 0 atom stereocenters. The van der Waals surface area contributed by atoms with Crippen molar-refractivity contribution in [3.8, 4) is 0 Å². The Morgan fingerprint density at radius 1 is 1.35 bits per heavy atom. The van der Waals surface area contributed by atoms with Gasteiger partial charge in [-0.05, 0) is 37.3 Å². The molecule has 17 heavy (non-hydrogen) atoms. The fourth-order valence-electron chi connectivity index (χ4n) is 2.03. The minimum atomic E-state index is -3.05. The van der Waals surface area contributed by atoms with E-state index in [1.807, 2.05) is 6.07 Å². The van der Waals surface area contributed by atoms with Crippen LogP contribution in [0.3, 0.4) is 0 Å². The van der Waals surface area contributed by atoms with Crippen LogP contribution in [0.25, 0.3) is 0 Å². The first-order valence-corrected chi connectivity index (χ1v) is 8.66. The van der Waals surface area contributed by atoms with Crippen molar-refractivity contribution in [1.29, 1.82) is 0 Å². The summed E-state index contributed by atoms with van der Waals surface area (Å²) in [4.78, 5) is 13.9. The van der Waals surface area contributed by atoms with Crippen molar-refractivity contribution in [3.05, 3.63) is 21.4 Å². The summed E-state index contributed by atoms with van der Waals surface area (Å²) in [6, 6.07) is 1.96. The van der Waals surface area contributed by atoms with Gasteiger partial charge in [-0.15, -0.1) is 11.3 Å². The summed E-state index contributed by atoms with van der Waals surface area (Å²) >= 11 is 1.55. The van der Waals surface area contributed by atoms with E-state index >= 15 is 0 Å². The Kier molecular flexibility index (Phi) is 3.68. The van der Waals surface area contributed by atoms with Gasteiger partial charge in [-0.3, -0.25) is 4.79 Å². The first-order chi connectivity index (χ1) is 7.96.